The van der Waals surface area contributed by atoms with Crippen LogP contribution in [0.5, 0.6) is 5.75 Å². The maximum atomic E-state index is 11.4. The number of hydrogen-bond acceptors (Lipinski definition) is 5. The van der Waals surface area contributed by atoms with Gasteiger partial charge in [-0.2, -0.15) is 0 Å². The van der Waals surface area contributed by atoms with Crippen molar-refractivity contribution in [2.45, 2.75) is 24.9 Å². The molecule has 0 saturated carbocycles. The lowest BCUT2D eigenvalue weighted by atomic mass is 10.2. The minimum absolute atomic E-state index is 0.0432. The second-order valence-corrected chi connectivity index (χ2v) is 6.41. The minimum atomic E-state index is -1.17. The zero-order chi connectivity index (χ0) is 17.0. The van der Waals surface area contributed by atoms with Gasteiger partial charge in [0, 0.05) is 17.0 Å². The van der Waals surface area contributed by atoms with Gasteiger partial charge >= 0.3 is 5.97 Å². The van der Waals surface area contributed by atoms with E-state index in [0.717, 1.165) is 24.6 Å². The van der Waals surface area contributed by atoms with Crippen molar-refractivity contribution in [2.24, 2.45) is 0 Å². The molecule has 0 fully saturated rings. The minimum Gasteiger partial charge on any atom is -0.506 e. The van der Waals surface area contributed by atoms with E-state index in [4.69, 9.17) is 23.2 Å². The highest BCUT2D eigenvalue weighted by molar-refractivity contribution is 8.04. The average molecular weight is 374 g/mol. The highest BCUT2D eigenvalue weighted by atomic mass is 35.5. The first-order valence-corrected chi connectivity index (χ1v) is 8.20. The number of benzene rings is 1. The summed E-state index contributed by atoms with van der Waals surface area (Å²) >= 11 is 12.6. The smallest absolute Gasteiger partial charge is 0.342 e. The van der Waals surface area contributed by atoms with Crippen LogP contribution in [0.1, 0.15) is 24.7 Å². The van der Waals surface area contributed by atoms with Gasteiger partial charge < -0.3 is 10.2 Å². The Labute approximate surface area is 146 Å². The summed E-state index contributed by atoms with van der Waals surface area (Å²) < 4.78 is 0. The number of H-pyrrole nitrogens is 1. The molecule has 9 heteroatoms. The standard InChI is InChI=1S/C14H13Cl2N3O3S/c1-2-3-11-17-14(19-18-11)23-10(13(21)22)5-7-4-8(15)6-9(16)12(7)20/h4-6,20H,2-3H2,1H3,(H,21,22)(H,17,18,19)/b10-5-. The lowest BCUT2D eigenvalue weighted by Crippen LogP contribution is -1.97. The van der Waals surface area contributed by atoms with E-state index in [1.165, 1.54) is 18.2 Å². The van der Waals surface area contributed by atoms with Gasteiger partial charge in [-0.1, -0.05) is 30.1 Å². The third-order valence-electron chi connectivity index (χ3n) is 2.75. The number of thioether (sulfide) groups is 1. The van der Waals surface area contributed by atoms with E-state index in [-0.39, 0.29) is 31.4 Å². The molecule has 1 aromatic carbocycles. The molecule has 0 aliphatic rings. The molecule has 0 amide bonds. The van der Waals surface area contributed by atoms with Crippen LogP contribution in [-0.4, -0.2) is 31.4 Å². The molecule has 3 N–H and O–H groups in total. The first-order chi connectivity index (χ1) is 10.9. The number of aromatic nitrogens is 3. The molecule has 0 aliphatic carbocycles. The third-order valence-corrected chi connectivity index (χ3v) is 4.14. The van der Waals surface area contributed by atoms with Gasteiger partial charge in [-0.3, -0.25) is 5.10 Å². The van der Waals surface area contributed by atoms with Crippen molar-refractivity contribution in [2.75, 3.05) is 0 Å². The highest BCUT2D eigenvalue weighted by Crippen LogP contribution is 2.34. The van der Waals surface area contributed by atoms with Crippen LogP contribution in [0.25, 0.3) is 6.08 Å². The molecule has 0 bridgehead atoms. The first kappa shape index (κ1) is 17.7. The van der Waals surface area contributed by atoms with Gasteiger partial charge in [0.1, 0.15) is 16.5 Å². The molecule has 0 spiro atoms. The molecule has 23 heavy (non-hydrogen) atoms. The lowest BCUT2D eigenvalue weighted by molar-refractivity contribution is -0.131. The molecule has 6 nitrogen and oxygen atoms in total. The van der Waals surface area contributed by atoms with Gasteiger partial charge in [0.2, 0.25) is 5.16 Å². The molecule has 1 aromatic heterocycles. The number of aryl methyl sites for hydroxylation is 1. The average Bonchev–Trinajstić information content (AvgIpc) is 2.91. The zero-order valence-corrected chi connectivity index (χ0v) is 14.3. The van der Waals surface area contributed by atoms with E-state index in [2.05, 4.69) is 15.2 Å². The number of aromatic amines is 1. The molecule has 0 saturated heterocycles. The Bertz CT molecular complexity index is 762. The molecule has 0 atom stereocenters. The fraction of sp³-hybridized carbons (Fsp3) is 0.214. The maximum Gasteiger partial charge on any atom is 0.342 e. The molecular formula is C14H13Cl2N3O3S. The largest absolute Gasteiger partial charge is 0.506 e. The van der Waals surface area contributed by atoms with E-state index < -0.39 is 5.97 Å². The highest BCUT2D eigenvalue weighted by Gasteiger charge is 2.15. The van der Waals surface area contributed by atoms with E-state index in [9.17, 15) is 15.0 Å². The molecule has 2 aromatic rings. The van der Waals surface area contributed by atoms with Crippen molar-refractivity contribution in [3.63, 3.8) is 0 Å². The summed E-state index contributed by atoms with van der Waals surface area (Å²) in [6.07, 6.45) is 2.90. The summed E-state index contributed by atoms with van der Waals surface area (Å²) in [5, 5.41) is 26.6. The summed E-state index contributed by atoms with van der Waals surface area (Å²) in [5.41, 5.74) is 0.205. The number of aromatic hydroxyl groups is 1. The van der Waals surface area contributed by atoms with Crippen LogP contribution in [0.15, 0.2) is 22.2 Å². The summed E-state index contributed by atoms with van der Waals surface area (Å²) in [7, 11) is 0. The van der Waals surface area contributed by atoms with Gasteiger partial charge in [-0.15, -0.1) is 5.10 Å². The van der Waals surface area contributed by atoms with E-state index in [1.54, 1.807) is 0 Å². The Morgan fingerprint density at radius 1 is 1.43 bits per heavy atom. The van der Waals surface area contributed by atoms with Crippen molar-refractivity contribution in [1.29, 1.82) is 0 Å². The van der Waals surface area contributed by atoms with E-state index in [1.807, 2.05) is 6.92 Å². The fourth-order valence-electron chi connectivity index (χ4n) is 1.74. The number of hydrogen-bond donors (Lipinski definition) is 3. The predicted octanol–water partition coefficient (Wildman–Crippen LogP) is 3.99. The molecule has 2 rings (SSSR count). The number of rotatable bonds is 6. The number of halogens is 2. The van der Waals surface area contributed by atoms with Crippen LogP contribution in [-0.2, 0) is 11.2 Å². The second kappa shape index (κ2) is 7.72. The summed E-state index contributed by atoms with van der Waals surface area (Å²) in [4.78, 5) is 15.5. The van der Waals surface area contributed by atoms with Crippen molar-refractivity contribution in [3.8, 4) is 5.75 Å². The van der Waals surface area contributed by atoms with Crippen LogP contribution in [0.2, 0.25) is 10.0 Å². The van der Waals surface area contributed by atoms with E-state index in [0.29, 0.717) is 5.82 Å². The molecule has 1 heterocycles. The van der Waals surface area contributed by atoms with E-state index >= 15 is 0 Å². The zero-order valence-electron chi connectivity index (χ0n) is 12.0. The van der Waals surface area contributed by atoms with Gasteiger partial charge in [0.15, 0.2) is 0 Å². The number of carboxylic acid groups (broad SMARTS) is 1. The molecule has 0 aliphatic heterocycles. The number of nitrogens with one attached hydrogen (secondary N) is 1. The molecule has 0 radical (unpaired) electrons. The topological polar surface area (TPSA) is 99.1 Å². The first-order valence-electron chi connectivity index (χ1n) is 6.62. The van der Waals surface area contributed by atoms with Crippen LogP contribution in [0, 0.1) is 0 Å². The summed E-state index contributed by atoms with van der Waals surface area (Å²) in [6, 6.07) is 2.79. The van der Waals surface area contributed by atoms with Crippen LogP contribution in [0.4, 0.5) is 0 Å². The summed E-state index contributed by atoms with van der Waals surface area (Å²) in [5.74, 6) is -0.724. The van der Waals surface area contributed by atoms with Crippen LogP contribution in [0.3, 0.4) is 0 Å². The Morgan fingerprint density at radius 3 is 2.83 bits per heavy atom. The van der Waals surface area contributed by atoms with Crippen molar-refractivity contribution in [1.82, 2.24) is 15.2 Å². The summed E-state index contributed by atoms with van der Waals surface area (Å²) in [6.45, 7) is 2.00. The quantitative estimate of drug-likeness (QED) is 0.522. The number of carbonyl (C=O) groups is 1. The number of phenolic OH excluding ortho intramolecular Hbond substituents is 1. The normalized spacial score (nSPS) is 11.7. The van der Waals surface area contributed by atoms with Crippen molar-refractivity contribution < 1.29 is 15.0 Å². The lowest BCUT2D eigenvalue weighted by Gasteiger charge is -2.04. The fourth-order valence-corrected chi connectivity index (χ4v) is 2.97. The molecule has 122 valence electrons. The van der Waals surface area contributed by atoms with Gasteiger partial charge in [-0.25, -0.2) is 9.78 Å². The Morgan fingerprint density at radius 2 is 2.17 bits per heavy atom. The second-order valence-electron chi connectivity index (χ2n) is 4.56. The maximum absolute atomic E-state index is 11.4. The van der Waals surface area contributed by atoms with Crippen molar-refractivity contribution in [3.05, 3.63) is 38.5 Å². The Kier molecular flexibility index (Phi) is 5.92. The van der Waals surface area contributed by atoms with Crippen molar-refractivity contribution >= 4 is 47.0 Å². The number of phenols is 1. The monoisotopic (exact) mass is 373 g/mol. The SMILES string of the molecule is CCCc1nc(S/C(=C\c2cc(Cl)cc(Cl)c2O)C(=O)O)n[nH]1. The van der Waals surface area contributed by atoms with Crippen LogP contribution >= 0.6 is 35.0 Å². The Hall–Kier alpha value is -1.70. The van der Waals surface area contributed by atoms with Gasteiger partial charge in [-0.05, 0) is 36.4 Å². The van der Waals surface area contributed by atoms with Gasteiger partial charge in [0.05, 0.1) is 5.02 Å². The predicted molar refractivity (Wildman–Crippen MR) is 90.0 cm³/mol. The molecular weight excluding hydrogens is 361 g/mol. The number of carboxylic acids is 1. The number of aliphatic carboxylic acids is 1. The van der Waals surface area contributed by atoms with Gasteiger partial charge in [0.25, 0.3) is 0 Å². The van der Waals surface area contributed by atoms with Crippen LogP contribution < -0.4 is 0 Å². The number of nitrogens with zero attached hydrogens (tertiary/aromatic N) is 2. The third kappa shape index (κ3) is 4.63. The Balaban J connectivity index is 2.32. The molecule has 0 unspecified atom stereocenters.